The van der Waals surface area contributed by atoms with Crippen LogP contribution in [0.3, 0.4) is 0 Å². The average molecular weight is 362 g/mol. The number of nitrogens with zero attached hydrogens (tertiary/aromatic N) is 5. The number of hydrogen-bond donors (Lipinski definition) is 1. The highest BCUT2D eigenvalue weighted by Crippen LogP contribution is 2.25. The van der Waals surface area contributed by atoms with Crippen molar-refractivity contribution in [3.8, 4) is 11.3 Å². The SMILES string of the molecule is C=C(CN1CCN(C)CC1)Nc1cc2cc(-c3cncn3C)ccc2cn1. The van der Waals surface area contributed by atoms with E-state index in [9.17, 15) is 0 Å². The minimum Gasteiger partial charge on any atom is -0.343 e. The summed E-state index contributed by atoms with van der Waals surface area (Å²) in [5.41, 5.74) is 3.23. The standard InChI is InChI=1S/C21H26N6/c1-16(14-27-8-6-25(2)7-9-27)24-21-11-19-10-17(4-5-18(19)12-23-21)20-13-22-15-26(20)3/h4-5,10-13,15H,1,6-9,14H2,2-3H3,(H,23,24). The molecular weight excluding hydrogens is 336 g/mol. The fourth-order valence-corrected chi connectivity index (χ4v) is 3.50. The van der Waals surface area contributed by atoms with Crippen molar-refractivity contribution < 1.29 is 0 Å². The second-order valence-electron chi connectivity index (χ2n) is 7.33. The number of nitrogens with one attached hydrogen (secondary N) is 1. The number of hydrogen-bond acceptors (Lipinski definition) is 5. The monoisotopic (exact) mass is 362 g/mol. The number of aromatic nitrogens is 3. The molecule has 0 radical (unpaired) electrons. The highest BCUT2D eigenvalue weighted by atomic mass is 15.3. The average Bonchev–Trinajstić information content (AvgIpc) is 3.09. The van der Waals surface area contributed by atoms with Crippen molar-refractivity contribution in [2.24, 2.45) is 7.05 Å². The molecule has 6 nitrogen and oxygen atoms in total. The minimum atomic E-state index is 0.837. The Hall–Kier alpha value is -2.70. The Morgan fingerprint density at radius 2 is 1.89 bits per heavy atom. The molecule has 6 heteroatoms. The molecule has 1 aliphatic heterocycles. The summed E-state index contributed by atoms with van der Waals surface area (Å²) in [5, 5.41) is 5.65. The van der Waals surface area contributed by atoms with Crippen LogP contribution in [0.5, 0.6) is 0 Å². The third-order valence-electron chi connectivity index (χ3n) is 5.15. The first-order valence-electron chi connectivity index (χ1n) is 9.31. The predicted molar refractivity (Wildman–Crippen MR) is 111 cm³/mol. The number of aryl methyl sites for hydroxylation is 1. The summed E-state index contributed by atoms with van der Waals surface area (Å²) in [6, 6.07) is 8.49. The first-order valence-corrected chi connectivity index (χ1v) is 9.31. The van der Waals surface area contributed by atoms with E-state index in [0.717, 1.165) is 66.3 Å². The number of piperazine rings is 1. The number of fused-ring (bicyclic) bond motifs is 1. The van der Waals surface area contributed by atoms with Gasteiger partial charge in [0.1, 0.15) is 5.82 Å². The van der Waals surface area contributed by atoms with Crippen LogP contribution in [0.4, 0.5) is 5.82 Å². The normalized spacial score (nSPS) is 15.9. The molecule has 1 N–H and O–H groups in total. The van der Waals surface area contributed by atoms with Crippen LogP contribution in [0.1, 0.15) is 0 Å². The Balaban J connectivity index is 1.49. The molecule has 2 aromatic heterocycles. The Kier molecular flexibility index (Phi) is 4.92. The molecule has 1 aliphatic rings. The van der Waals surface area contributed by atoms with Crippen LogP contribution in [0.15, 0.2) is 55.3 Å². The lowest BCUT2D eigenvalue weighted by Gasteiger charge is -2.32. The lowest BCUT2D eigenvalue weighted by atomic mass is 10.1. The van der Waals surface area contributed by atoms with Gasteiger partial charge >= 0.3 is 0 Å². The molecule has 0 spiro atoms. The molecule has 3 aromatic rings. The van der Waals surface area contributed by atoms with Crippen LogP contribution >= 0.6 is 0 Å². The second kappa shape index (κ2) is 7.50. The smallest absolute Gasteiger partial charge is 0.130 e. The Morgan fingerprint density at radius 3 is 2.63 bits per heavy atom. The van der Waals surface area contributed by atoms with Crippen LogP contribution < -0.4 is 5.32 Å². The summed E-state index contributed by atoms with van der Waals surface area (Å²) in [5.74, 6) is 0.837. The highest BCUT2D eigenvalue weighted by molar-refractivity contribution is 5.88. The molecular formula is C21H26N6. The number of likely N-dealkylation sites (N-methyl/N-ethyl adjacent to an activating group) is 1. The molecule has 0 amide bonds. The first kappa shape index (κ1) is 17.7. The topological polar surface area (TPSA) is 49.2 Å². The van der Waals surface area contributed by atoms with Crippen molar-refractivity contribution in [1.29, 1.82) is 0 Å². The van der Waals surface area contributed by atoms with E-state index in [1.165, 1.54) is 0 Å². The molecule has 3 heterocycles. The van der Waals surface area contributed by atoms with Crippen molar-refractivity contribution in [3.05, 3.63) is 55.3 Å². The molecule has 4 rings (SSSR count). The van der Waals surface area contributed by atoms with Gasteiger partial charge in [0.05, 0.1) is 18.2 Å². The van der Waals surface area contributed by atoms with Gasteiger partial charge in [0.15, 0.2) is 0 Å². The van der Waals surface area contributed by atoms with E-state index >= 15 is 0 Å². The number of benzene rings is 1. The van der Waals surface area contributed by atoms with Crippen molar-refractivity contribution in [3.63, 3.8) is 0 Å². The van der Waals surface area contributed by atoms with Gasteiger partial charge in [-0.3, -0.25) is 4.90 Å². The van der Waals surface area contributed by atoms with Gasteiger partial charge in [0, 0.05) is 62.6 Å². The van der Waals surface area contributed by atoms with Crippen LogP contribution in [-0.4, -0.2) is 64.1 Å². The van der Waals surface area contributed by atoms with Crippen LogP contribution in [0.25, 0.3) is 22.0 Å². The summed E-state index contributed by atoms with van der Waals surface area (Å²) in [7, 11) is 4.18. The number of anilines is 1. The van der Waals surface area contributed by atoms with Gasteiger partial charge in [-0.2, -0.15) is 0 Å². The Morgan fingerprint density at radius 1 is 1.07 bits per heavy atom. The Bertz CT molecular complexity index is 952. The molecule has 1 saturated heterocycles. The molecule has 27 heavy (non-hydrogen) atoms. The summed E-state index contributed by atoms with van der Waals surface area (Å²) in [6.45, 7) is 9.42. The fraction of sp³-hybridized carbons (Fsp3) is 0.333. The van der Waals surface area contributed by atoms with E-state index in [1.807, 2.05) is 30.3 Å². The van der Waals surface area contributed by atoms with Gasteiger partial charge in [-0.25, -0.2) is 9.97 Å². The van der Waals surface area contributed by atoms with Crippen molar-refractivity contribution in [2.45, 2.75) is 0 Å². The van der Waals surface area contributed by atoms with Gasteiger partial charge in [0.25, 0.3) is 0 Å². The number of imidazole rings is 1. The lowest BCUT2D eigenvalue weighted by molar-refractivity contribution is 0.164. The largest absolute Gasteiger partial charge is 0.343 e. The maximum atomic E-state index is 4.55. The predicted octanol–water partition coefficient (Wildman–Crippen LogP) is 2.81. The zero-order chi connectivity index (χ0) is 18.8. The summed E-state index contributed by atoms with van der Waals surface area (Å²) < 4.78 is 2.03. The molecule has 0 aliphatic carbocycles. The summed E-state index contributed by atoms with van der Waals surface area (Å²) in [6.07, 6.45) is 5.62. The fourth-order valence-electron chi connectivity index (χ4n) is 3.50. The lowest BCUT2D eigenvalue weighted by Crippen LogP contribution is -2.45. The van der Waals surface area contributed by atoms with Gasteiger partial charge in [-0.15, -0.1) is 0 Å². The number of pyridine rings is 1. The zero-order valence-corrected chi connectivity index (χ0v) is 16.0. The van der Waals surface area contributed by atoms with E-state index in [2.05, 4.69) is 63.0 Å². The van der Waals surface area contributed by atoms with E-state index in [-0.39, 0.29) is 0 Å². The maximum absolute atomic E-state index is 4.55. The van der Waals surface area contributed by atoms with Gasteiger partial charge in [0.2, 0.25) is 0 Å². The molecule has 0 unspecified atom stereocenters. The van der Waals surface area contributed by atoms with E-state index in [1.54, 1.807) is 0 Å². The van der Waals surface area contributed by atoms with Crippen LogP contribution in [-0.2, 0) is 7.05 Å². The van der Waals surface area contributed by atoms with Crippen LogP contribution in [0.2, 0.25) is 0 Å². The molecule has 1 aromatic carbocycles. The minimum absolute atomic E-state index is 0.837. The molecule has 0 bridgehead atoms. The number of rotatable bonds is 5. The third kappa shape index (κ3) is 4.02. The van der Waals surface area contributed by atoms with Gasteiger partial charge in [-0.1, -0.05) is 18.7 Å². The summed E-state index contributed by atoms with van der Waals surface area (Å²) >= 11 is 0. The van der Waals surface area contributed by atoms with Crippen LogP contribution in [0, 0.1) is 0 Å². The maximum Gasteiger partial charge on any atom is 0.130 e. The van der Waals surface area contributed by atoms with Gasteiger partial charge in [-0.05, 0) is 24.6 Å². The molecule has 140 valence electrons. The second-order valence-corrected chi connectivity index (χ2v) is 7.33. The van der Waals surface area contributed by atoms with E-state index in [0.29, 0.717) is 0 Å². The highest BCUT2D eigenvalue weighted by Gasteiger charge is 2.14. The van der Waals surface area contributed by atoms with E-state index < -0.39 is 0 Å². The Labute approximate surface area is 160 Å². The van der Waals surface area contributed by atoms with Gasteiger partial charge < -0.3 is 14.8 Å². The molecule has 1 fully saturated rings. The van der Waals surface area contributed by atoms with E-state index in [4.69, 9.17) is 0 Å². The van der Waals surface area contributed by atoms with Crippen molar-refractivity contribution in [2.75, 3.05) is 45.1 Å². The molecule has 0 saturated carbocycles. The molecule has 0 atom stereocenters. The third-order valence-corrected chi connectivity index (χ3v) is 5.15. The summed E-state index contributed by atoms with van der Waals surface area (Å²) in [4.78, 5) is 13.5. The van der Waals surface area contributed by atoms with Crippen molar-refractivity contribution in [1.82, 2.24) is 24.3 Å². The first-order chi connectivity index (χ1) is 13.1. The quantitative estimate of drug-likeness (QED) is 0.756. The van der Waals surface area contributed by atoms with Crippen molar-refractivity contribution >= 4 is 16.6 Å². The zero-order valence-electron chi connectivity index (χ0n) is 16.0.